The van der Waals surface area contributed by atoms with Crippen molar-refractivity contribution in [1.82, 2.24) is 4.98 Å². The third-order valence-corrected chi connectivity index (χ3v) is 2.90. The van der Waals surface area contributed by atoms with E-state index >= 15 is 0 Å². The van der Waals surface area contributed by atoms with Crippen LogP contribution in [0.25, 0.3) is 0 Å². The van der Waals surface area contributed by atoms with Crippen LogP contribution in [-0.2, 0) is 5.92 Å². The molecule has 0 spiro atoms. The molecule has 0 N–H and O–H groups in total. The first-order valence-corrected chi connectivity index (χ1v) is 6.03. The predicted octanol–water partition coefficient (Wildman–Crippen LogP) is 4.75. The molecule has 0 amide bonds. The number of pyridine rings is 1. The van der Waals surface area contributed by atoms with Crippen molar-refractivity contribution in [3.63, 3.8) is 0 Å². The van der Waals surface area contributed by atoms with E-state index in [0.29, 0.717) is 16.1 Å². The molecule has 2 aromatic rings. The second-order valence-electron chi connectivity index (χ2n) is 3.81. The van der Waals surface area contributed by atoms with Crippen molar-refractivity contribution in [2.45, 2.75) is 12.8 Å². The van der Waals surface area contributed by atoms with Crippen LogP contribution in [0.4, 0.5) is 8.78 Å². The molecule has 0 aliphatic carbocycles. The van der Waals surface area contributed by atoms with Crippen LogP contribution >= 0.6 is 15.9 Å². The molecular formula is C13H10BrF2NO. The number of alkyl halides is 2. The van der Waals surface area contributed by atoms with Crippen molar-refractivity contribution in [1.29, 1.82) is 0 Å². The zero-order chi connectivity index (χ0) is 13.2. The molecule has 2 nitrogen and oxygen atoms in total. The highest BCUT2D eigenvalue weighted by molar-refractivity contribution is 9.10. The van der Waals surface area contributed by atoms with Gasteiger partial charge in [-0.15, -0.1) is 0 Å². The number of nitrogens with zero attached hydrogens (tertiary/aromatic N) is 1. The highest BCUT2D eigenvalue weighted by Crippen LogP contribution is 2.31. The van der Waals surface area contributed by atoms with E-state index in [0.717, 1.165) is 6.92 Å². The molecule has 0 aliphatic heterocycles. The van der Waals surface area contributed by atoms with Gasteiger partial charge in [0.15, 0.2) is 0 Å². The fourth-order valence-electron chi connectivity index (χ4n) is 1.37. The fraction of sp³-hybridized carbons (Fsp3) is 0.154. The molecule has 1 aromatic carbocycles. The standard InChI is InChI=1S/C13H10BrF2NO/c1-13(15,16)9-4-6-10(7-5-9)18-12-11(14)3-2-8-17-12/h2-8H,1H3. The van der Waals surface area contributed by atoms with Crippen molar-refractivity contribution >= 4 is 15.9 Å². The summed E-state index contributed by atoms with van der Waals surface area (Å²) in [7, 11) is 0. The van der Waals surface area contributed by atoms with Gasteiger partial charge in [-0.25, -0.2) is 13.8 Å². The van der Waals surface area contributed by atoms with Crippen LogP contribution in [-0.4, -0.2) is 4.98 Å². The Hall–Kier alpha value is -1.49. The number of hydrogen-bond acceptors (Lipinski definition) is 2. The summed E-state index contributed by atoms with van der Waals surface area (Å²) >= 11 is 3.29. The van der Waals surface area contributed by atoms with Crippen LogP contribution in [0.2, 0.25) is 0 Å². The first-order chi connectivity index (χ1) is 8.47. The van der Waals surface area contributed by atoms with Gasteiger partial charge in [0.2, 0.25) is 5.88 Å². The van der Waals surface area contributed by atoms with Gasteiger partial charge in [0.25, 0.3) is 5.92 Å². The smallest absolute Gasteiger partial charge is 0.270 e. The Labute approximate surface area is 112 Å². The van der Waals surface area contributed by atoms with Crippen molar-refractivity contribution in [3.8, 4) is 11.6 Å². The number of aromatic nitrogens is 1. The molecule has 0 fully saturated rings. The molecule has 0 unspecified atom stereocenters. The summed E-state index contributed by atoms with van der Waals surface area (Å²) in [6.45, 7) is 0.859. The number of hydrogen-bond donors (Lipinski definition) is 0. The molecule has 18 heavy (non-hydrogen) atoms. The summed E-state index contributed by atoms with van der Waals surface area (Å²) < 4.78 is 32.2. The maximum absolute atomic E-state index is 13.0. The summed E-state index contributed by atoms with van der Waals surface area (Å²) in [4.78, 5) is 4.03. The van der Waals surface area contributed by atoms with E-state index in [1.54, 1.807) is 18.3 Å². The van der Waals surface area contributed by atoms with Gasteiger partial charge < -0.3 is 4.74 Å². The SMILES string of the molecule is CC(F)(F)c1ccc(Oc2ncccc2Br)cc1. The van der Waals surface area contributed by atoms with Crippen LogP contribution in [0, 0.1) is 0 Å². The molecule has 1 aromatic heterocycles. The lowest BCUT2D eigenvalue weighted by atomic mass is 10.1. The number of halogens is 3. The van der Waals surface area contributed by atoms with Crippen molar-refractivity contribution in [3.05, 3.63) is 52.6 Å². The minimum Gasteiger partial charge on any atom is -0.438 e. The molecule has 0 bridgehead atoms. The summed E-state index contributed by atoms with van der Waals surface area (Å²) in [6.07, 6.45) is 1.59. The fourth-order valence-corrected chi connectivity index (χ4v) is 1.71. The quantitative estimate of drug-likeness (QED) is 0.816. The third-order valence-electron chi connectivity index (χ3n) is 2.30. The number of ether oxygens (including phenoxy) is 1. The zero-order valence-corrected chi connectivity index (χ0v) is 11.1. The second-order valence-corrected chi connectivity index (χ2v) is 4.66. The lowest BCUT2D eigenvalue weighted by Crippen LogP contribution is -2.06. The van der Waals surface area contributed by atoms with E-state index in [2.05, 4.69) is 20.9 Å². The molecular weight excluding hydrogens is 304 g/mol. The molecule has 94 valence electrons. The Morgan fingerprint density at radius 1 is 1.17 bits per heavy atom. The maximum Gasteiger partial charge on any atom is 0.270 e. The van der Waals surface area contributed by atoms with E-state index in [-0.39, 0.29) is 5.56 Å². The summed E-state index contributed by atoms with van der Waals surface area (Å²) in [6, 6.07) is 9.22. The average molecular weight is 314 g/mol. The lowest BCUT2D eigenvalue weighted by Gasteiger charge is -2.11. The molecule has 0 aliphatic rings. The second kappa shape index (κ2) is 5.02. The summed E-state index contributed by atoms with van der Waals surface area (Å²) in [5, 5.41) is 0. The highest BCUT2D eigenvalue weighted by atomic mass is 79.9. The van der Waals surface area contributed by atoms with E-state index in [9.17, 15) is 8.78 Å². The Morgan fingerprint density at radius 2 is 1.83 bits per heavy atom. The Morgan fingerprint density at radius 3 is 2.39 bits per heavy atom. The van der Waals surface area contributed by atoms with Gasteiger partial charge in [0.05, 0.1) is 4.47 Å². The molecule has 0 saturated heterocycles. The zero-order valence-electron chi connectivity index (χ0n) is 9.53. The van der Waals surface area contributed by atoms with E-state index in [1.807, 2.05) is 0 Å². The van der Waals surface area contributed by atoms with Gasteiger partial charge >= 0.3 is 0 Å². The normalized spacial score (nSPS) is 11.3. The molecule has 0 saturated carbocycles. The van der Waals surface area contributed by atoms with Crippen LogP contribution in [0.1, 0.15) is 12.5 Å². The average Bonchev–Trinajstić information content (AvgIpc) is 2.32. The Kier molecular flexibility index (Phi) is 3.61. The van der Waals surface area contributed by atoms with Gasteiger partial charge in [-0.2, -0.15) is 0 Å². The number of benzene rings is 1. The first-order valence-electron chi connectivity index (χ1n) is 5.23. The van der Waals surface area contributed by atoms with E-state index in [4.69, 9.17) is 4.74 Å². The highest BCUT2D eigenvalue weighted by Gasteiger charge is 2.23. The summed E-state index contributed by atoms with van der Waals surface area (Å²) in [5.41, 5.74) is -0.0464. The monoisotopic (exact) mass is 313 g/mol. The Balaban J connectivity index is 2.19. The lowest BCUT2D eigenvalue weighted by molar-refractivity contribution is 0.0174. The van der Waals surface area contributed by atoms with E-state index in [1.165, 1.54) is 24.3 Å². The van der Waals surface area contributed by atoms with Crippen LogP contribution < -0.4 is 4.74 Å². The van der Waals surface area contributed by atoms with Crippen LogP contribution in [0.5, 0.6) is 11.6 Å². The molecule has 0 atom stereocenters. The van der Waals surface area contributed by atoms with Gasteiger partial charge in [0, 0.05) is 18.7 Å². The first kappa shape index (κ1) is 13.0. The summed E-state index contributed by atoms with van der Waals surface area (Å²) in [5.74, 6) is -1.99. The van der Waals surface area contributed by atoms with Crippen LogP contribution in [0.15, 0.2) is 47.1 Å². The van der Waals surface area contributed by atoms with Crippen molar-refractivity contribution in [2.75, 3.05) is 0 Å². The molecule has 0 radical (unpaired) electrons. The van der Waals surface area contributed by atoms with E-state index < -0.39 is 5.92 Å². The van der Waals surface area contributed by atoms with Gasteiger partial charge in [0.1, 0.15) is 5.75 Å². The van der Waals surface area contributed by atoms with Crippen molar-refractivity contribution in [2.24, 2.45) is 0 Å². The van der Waals surface area contributed by atoms with Crippen LogP contribution in [0.3, 0.4) is 0 Å². The maximum atomic E-state index is 13.0. The van der Waals surface area contributed by atoms with Gasteiger partial charge in [-0.3, -0.25) is 0 Å². The molecule has 5 heteroatoms. The molecule has 2 rings (SSSR count). The van der Waals surface area contributed by atoms with Gasteiger partial charge in [-0.1, -0.05) is 0 Å². The third kappa shape index (κ3) is 3.04. The van der Waals surface area contributed by atoms with Gasteiger partial charge in [-0.05, 0) is 52.3 Å². The minimum absolute atomic E-state index is 0.0464. The topological polar surface area (TPSA) is 22.1 Å². The predicted molar refractivity (Wildman–Crippen MR) is 68.0 cm³/mol. The number of rotatable bonds is 3. The van der Waals surface area contributed by atoms with Crippen molar-refractivity contribution < 1.29 is 13.5 Å². The largest absolute Gasteiger partial charge is 0.438 e. The Bertz CT molecular complexity index is 537. The minimum atomic E-state index is -2.84. The molecule has 1 heterocycles.